The number of rotatable bonds is 4. The number of carbonyl (C=O) groups excluding carboxylic acids is 1. The molecule has 0 aliphatic carbocycles. The molecule has 0 saturated carbocycles. The number of carbonyl (C=O) groups is 1. The van der Waals surface area contributed by atoms with Gasteiger partial charge in [0.15, 0.2) is 15.1 Å². The minimum atomic E-state index is -0.143. The molecule has 2 rings (SSSR count). The van der Waals surface area contributed by atoms with Gasteiger partial charge in [0.2, 0.25) is 0 Å². The van der Waals surface area contributed by atoms with E-state index in [4.69, 9.17) is 8.83 Å². The van der Waals surface area contributed by atoms with E-state index >= 15 is 0 Å². The molecule has 5 heteroatoms. The largest absolute Gasteiger partial charge is 0.450 e. The smallest absolute Gasteiger partial charge is 0.178 e. The lowest BCUT2D eigenvalue weighted by atomic mass is 10.3. The van der Waals surface area contributed by atoms with Gasteiger partial charge in [0, 0.05) is 0 Å². The van der Waals surface area contributed by atoms with Crippen LogP contribution in [0.3, 0.4) is 0 Å². The molecule has 2 aromatic rings. The Morgan fingerprint density at radius 2 is 1.33 bits per heavy atom. The molecule has 92 valence electrons. The van der Waals surface area contributed by atoms with Gasteiger partial charge in [0.05, 0.1) is 0 Å². The van der Waals surface area contributed by atoms with Crippen LogP contribution in [0.1, 0.15) is 11.5 Å². The minimum Gasteiger partial charge on any atom is -0.450 e. The third-order valence-electron chi connectivity index (χ3n) is 2.01. The Morgan fingerprint density at radius 1 is 0.889 bits per heavy atom. The highest BCUT2D eigenvalue weighted by molar-refractivity contribution is 9.10. The topological polar surface area (TPSA) is 43.4 Å². The van der Waals surface area contributed by atoms with Crippen molar-refractivity contribution in [3.05, 3.63) is 57.3 Å². The van der Waals surface area contributed by atoms with Crippen LogP contribution in [0.5, 0.6) is 0 Å². The SMILES string of the molecule is O=C(C=Cc1ccc(Br)o1)C=Cc1ccc(Br)o1. The molecule has 2 heterocycles. The van der Waals surface area contributed by atoms with E-state index in [0.29, 0.717) is 20.9 Å². The highest BCUT2D eigenvalue weighted by Gasteiger charge is 1.97. The van der Waals surface area contributed by atoms with Gasteiger partial charge in [0.25, 0.3) is 0 Å². The summed E-state index contributed by atoms with van der Waals surface area (Å²) < 4.78 is 11.7. The lowest BCUT2D eigenvalue weighted by Crippen LogP contribution is -1.83. The van der Waals surface area contributed by atoms with Crippen LogP contribution in [0.25, 0.3) is 12.2 Å². The fourth-order valence-corrected chi connectivity index (χ4v) is 1.86. The maximum atomic E-state index is 11.5. The summed E-state index contributed by atoms with van der Waals surface area (Å²) in [6.07, 6.45) is 6.07. The molecular formula is C13H8Br2O3. The average molecular weight is 372 g/mol. The number of hydrogen-bond acceptors (Lipinski definition) is 3. The zero-order valence-corrected chi connectivity index (χ0v) is 12.3. The van der Waals surface area contributed by atoms with Gasteiger partial charge in [-0.25, -0.2) is 0 Å². The molecule has 0 radical (unpaired) electrons. The lowest BCUT2D eigenvalue weighted by molar-refractivity contribution is -0.110. The Balaban J connectivity index is 1.96. The van der Waals surface area contributed by atoms with Crippen LogP contribution in [0.4, 0.5) is 0 Å². The molecule has 0 aliphatic heterocycles. The second kappa shape index (κ2) is 6.02. The first-order chi connectivity index (χ1) is 8.63. The standard InChI is InChI=1S/C13H8Br2O3/c14-12-7-5-10(17-12)3-1-9(16)2-4-11-6-8-13(15)18-11/h1-8H. The molecule has 0 N–H and O–H groups in total. The van der Waals surface area contributed by atoms with Crippen molar-refractivity contribution in [3.63, 3.8) is 0 Å². The molecule has 2 aromatic heterocycles. The van der Waals surface area contributed by atoms with Crippen LogP contribution in [0.2, 0.25) is 0 Å². The van der Waals surface area contributed by atoms with E-state index in [1.165, 1.54) is 12.2 Å². The number of halogens is 2. The van der Waals surface area contributed by atoms with Gasteiger partial charge in [0.1, 0.15) is 11.5 Å². The van der Waals surface area contributed by atoms with Crippen LogP contribution in [0.15, 0.2) is 54.6 Å². The molecule has 0 unspecified atom stereocenters. The van der Waals surface area contributed by atoms with E-state index in [9.17, 15) is 4.79 Å². The molecule has 0 amide bonds. The van der Waals surface area contributed by atoms with Crippen molar-refractivity contribution >= 4 is 49.8 Å². The summed E-state index contributed by atoms with van der Waals surface area (Å²) in [5.74, 6) is 1.09. The fourth-order valence-electron chi connectivity index (χ4n) is 1.22. The van der Waals surface area contributed by atoms with Crippen molar-refractivity contribution < 1.29 is 13.6 Å². The van der Waals surface area contributed by atoms with E-state index in [0.717, 1.165) is 0 Å². The maximum absolute atomic E-state index is 11.5. The summed E-state index contributed by atoms with van der Waals surface area (Å²) in [5.41, 5.74) is 0. The first-order valence-electron chi connectivity index (χ1n) is 5.04. The number of furan rings is 2. The normalized spacial score (nSPS) is 11.7. The number of ketones is 1. The van der Waals surface area contributed by atoms with Crippen molar-refractivity contribution in [2.24, 2.45) is 0 Å². The van der Waals surface area contributed by atoms with Gasteiger partial charge >= 0.3 is 0 Å². The Kier molecular flexibility index (Phi) is 4.38. The Labute approximate surface area is 120 Å². The van der Waals surface area contributed by atoms with E-state index in [-0.39, 0.29) is 5.78 Å². The summed E-state index contributed by atoms with van der Waals surface area (Å²) in [6.45, 7) is 0. The summed E-state index contributed by atoms with van der Waals surface area (Å²) >= 11 is 6.37. The van der Waals surface area contributed by atoms with Gasteiger partial charge in [-0.1, -0.05) is 0 Å². The van der Waals surface area contributed by atoms with Crippen molar-refractivity contribution in [2.75, 3.05) is 0 Å². The molecule has 18 heavy (non-hydrogen) atoms. The summed E-state index contributed by atoms with van der Waals surface area (Å²) in [7, 11) is 0. The van der Waals surface area contributed by atoms with Crippen molar-refractivity contribution in [1.82, 2.24) is 0 Å². The Bertz CT molecular complexity index is 553. The minimum absolute atomic E-state index is 0.143. The molecule has 3 nitrogen and oxygen atoms in total. The molecule has 0 aliphatic rings. The molecular weight excluding hydrogens is 364 g/mol. The lowest BCUT2D eigenvalue weighted by Gasteiger charge is -1.85. The Morgan fingerprint density at radius 3 is 1.67 bits per heavy atom. The number of allylic oxidation sites excluding steroid dienone is 2. The Hall–Kier alpha value is -1.33. The van der Waals surface area contributed by atoms with Crippen LogP contribution < -0.4 is 0 Å². The zero-order chi connectivity index (χ0) is 13.0. The highest BCUT2D eigenvalue weighted by atomic mass is 79.9. The quantitative estimate of drug-likeness (QED) is 0.732. The van der Waals surface area contributed by atoms with Crippen LogP contribution in [-0.2, 0) is 4.79 Å². The molecule has 0 fully saturated rings. The zero-order valence-electron chi connectivity index (χ0n) is 9.10. The van der Waals surface area contributed by atoms with E-state index in [1.807, 2.05) is 0 Å². The van der Waals surface area contributed by atoms with E-state index in [1.54, 1.807) is 36.4 Å². The van der Waals surface area contributed by atoms with Gasteiger partial charge in [-0.15, -0.1) is 0 Å². The van der Waals surface area contributed by atoms with Crippen LogP contribution >= 0.6 is 31.9 Å². The van der Waals surface area contributed by atoms with Crippen LogP contribution in [-0.4, -0.2) is 5.78 Å². The van der Waals surface area contributed by atoms with Gasteiger partial charge in [-0.2, -0.15) is 0 Å². The molecule has 0 bridgehead atoms. The second-order valence-electron chi connectivity index (χ2n) is 3.35. The average Bonchev–Trinajstić information content (AvgIpc) is 2.93. The predicted octanol–water partition coefficient (Wildman–Crippen LogP) is 4.69. The van der Waals surface area contributed by atoms with Crippen molar-refractivity contribution in [2.45, 2.75) is 0 Å². The molecule has 0 atom stereocenters. The van der Waals surface area contributed by atoms with E-state index < -0.39 is 0 Å². The highest BCUT2D eigenvalue weighted by Crippen LogP contribution is 2.16. The van der Waals surface area contributed by atoms with Crippen LogP contribution in [0, 0.1) is 0 Å². The monoisotopic (exact) mass is 370 g/mol. The third kappa shape index (κ3) is 3.85. The molecule has 0 aromatic carbocycles. The predicted molar refractivity (Wildman–Crippen MR) is 75.9 cm³/mol. The summed E-state index contributed by atoms with van der Waals surface area (Å²) in [5, 5.41) is 0. The van der Waals surface area contributed by atoms with Crippen molar-refractivity contribution in [1.29, 1.82) is 0 Å². The van der Waals surface area contributed by atoms with E-state index in [2.05, 4.69) is 31.9 Å². The third-order valence-corrected chi connectivity index (χ3v) is 2.86. The second-order valence-corrected chi connectivity index (χ2v) is 4.92. The fraction of sp³-hybridized carbons (Fsp3) is 0. The number of hydrogen-bond donors (Lipinski definition) is 0. The molecule has 0 spiro atoms. The summed E-state index contributed by atoms with van der Waals surface area (Å²) in [6, 6.07) is 7.06. The van der Waals surface area contributed by atoms with Crippen molar-refractivity contribution in [3.8, 4) is 0 Å². The summed E-state index contributed by atoms with van der Waals surface area (Å²) in [4.78, 5) is 11.5. The van der Waals surface area contributed by atoms with Gasteiger partial charge in [-0.05, 0) is 80.4 Å². The van der Waals surface area contributed by atoms with Gasteiger partial charge < -0.3 is 8.83 Å². The maximum Gasteiger partial charge on any atom is 0.178 e. The first-order valence-corrected chi connectivity index (χ1v) is 6.63. The first kappa shape index (κ1) is 13.1. The molecule has 0 saturated heterocycles. The van der Waals surface area contributed by atoms with Gasteiger partial charge in [-0.3, -0.25) is 4.79 Å².